The van der Waals surface area contributed by atoms with Crippen molar-refractivity contribution in [2.45, 2.75) is 12.5 Å². The van der Waals surface area contributed by atoms with Crippen molar-refractivity contribution in [3.05, 3.63) is 71.4 Å². The van der Waals surface area contributed by atoms with Crippen LogP contribution in [-0.2, 0) is 9.59 Å². The van der Waals surface area contributed by atoms with Crippen LogP contribution in [0.25, 0.3) is 0 Å². The topological polar surface area (TPSA) is 133 Å². The molecular formula is C20H19N5O4S. The number of carbonyl (C=O) groups excluding carboxylic acids is 2. The molecule has 2 aromatic heterocycles. The van der Waals surface area contributed by atoms with Crippen molar-refractivity contribution in [1.29, 1.82) is 0 Å². The number of rotatable bonds is 9. The average molecular weight is 425 g/mol. The van der Waals surface area contributed by atoms with E-state index in [4.69, 9.17) is 5.11 Å². The van der Waals surface area contributed by atoms with Crippen LogP contribution < -0.4 is 16.0 Å². The summed E-state index contributed by atoms with van der Waals surface area (Å²) in [5.74, 6) is -1.45. The Morgan fingerprint density at radius 3 is 2.53 bits per heavy atom. The minimum Gasteiger partial charge on any atom is -0.481 e. The zero-order chi connectivity index (χ0) is 21.3. The van der Waals surface area contributed by atoms with Gasteiger partial charge in [0.05, 0.1) is 19.0 Å². The van der Waals surface area contributed by atoms with E-state index in [2.05, 4.69) is 25.9 Å². The molecule has 1 unspecified atom stereocenters. The van der Waals surface area contributed by atoms with Crippen molar-refractivity contribution in [1.82, 2.24) is 20.6 Å². The number of aliphatic carboxylic acids is 1. The molecule has 0 saturated heterocycles. The first-order chi connectivity index (χ1) is 14.5. The number of carboxylic acid groups (broad SMARTS) is 1. The second-order valence-electron chi connectivity index (χ2n) is 6.19. The number of hydrogen-bond acceptors (Lipinski definition) is 7. The Bertz CT molecular complexity index is 1010. The SMILES string of the molecule is O=C(O)CC(NC(=O)CNC(=O)c1csc(Nc2ccccn2)n1)c1ccccc1. The summed E-state index contributed by atoms with van der Waals surface area (Å²) in [6.07, 6.45) is 1.37. The zero-order valence-corrected chi connectivity index (χ0v) is 16.6. The van der Waals surface area contributed by atoms with Crippen molar-refractivity contribution in [3.63, 3.8) is 0 Å². The maximum absolute atomic E-state index is 12.3. The van der Waals surface area contributed by atoms with Crippen molar-refractivity contribution >= 4 is 40.1 Å². The van der Waals surface area contributed by atoms with Crippen LogP contribution in [0.5, 0.6) is 0 Å². The van der Waals surface area contributed by atoms with Crippen LogP contribution in [0.2, 0.25) is 0 Å². The third kappa shape index (κ3) is 6.11. The van der Waals surface area contributed by atoms with E-state index in [1.165, 1.54) is 11.3 Å². The summed E-state index contributed by atoms with van der Waals surface area (Å²) in [7, 11) is 0. The Balaban J connectivity index is 1.53. The fourth-order valence-corrected chi connectivity index (χ4v) is 3.29. The molecule has 9 nitrogen and oxygen atoms in total. The first-order valence-electron chi connectivity index (χ1n) is 8.99. The molecule has 0 saturated carbocycles. The van der Waals surface area contributed by atoms with Gasteiger partial charge < -0.3 is 21.1 Å². The Kier molecular flexibility index (Phi) is 7.06. The smallest absolute Gasteiger partial charge is 0.305 e. The van der Waals surface area contributed by atoms with Gasteiger partial charge in [-0.3, -0.25) is 14.4 Å². The van der Waals surface area contributed by atoms with Gasteiger partial charge in [-0.25, -0.2) is 9.97 Å². The second kappa shape index (κ2) is 10.1. The van der Waals surface area contributed by atoms with Gasteiger partial charge in [-0.05, 0) is 17.7 Å². The van der Waals surface area contributed by atoms with E-state index < -0.39 is 23.8 Å². The molecule has 2 amide bonds. The van der Waals surface area contributed by atoms with E-state index in [1.807, 2.05) is 6.07 Å². The third-order valence-electron chi connectivity index (χ3n) is 3.96. The van der Waals surface area contributed by atoms with E-state index in [1.54, 1.807) is 54.0 Å². The molecule has 0 radical (unpaired) electrons. The van der Waals surface area contributed by atoms with E-state index in [9.17, 15) is 14.4 Å². The first-order valence-corrected chi connectivity index (χ1v) is 9.87. The molecule has 0 aliphatic rings. The number of nitrogens with one attached hydrogen (secondary N) is 3. The van der Waals surface area contributed by atoms with Gasteiger partial charge in [-0.15, -0.1) is 11.3 Å². The lowest BCUT2D eigenvalue weighted by atomic mass is 10.0. The van der Waals surface area contributed by atoms with Crippen molar-refractivity contribution in [2.24, 2.45) is 0 Å². The van der Waals surface area contributed by atoms with Gasteiger partial charge >= 0.3 is 5.97 Å². The zero-order valence-electron chi connectivity index (χ0n) is 15.7. The number of benzene rings is 1. The molecule has 0 aliphatic heterocycles. The summed E-state index contributed by atoms with van der Waals surface area (Å²) in [6.45, 7) is -0.303. The van der Waals surface area contributed by atoms with Gasteiger partial charge in [0.1, 0.15) is 11.5 Å². The fourth-order valence-electron chi connectivity index (χ4n) is 2.59. The molecule has 0 fully saturated rings. The highest BCUT2D eigenvalue weighted by molar-refractivity contribution is 7.14. The number of pyridine rings is 1. The minimum absolute atomic E-state index is 0.163. The van der Waals surface area contributed by atoms with Gasteiger partial charge in [0.25, 0.3) is 5.91 Å². The second-order valence-corrected chi connectivity index (χ2v) is 7.05. The predicted octanol–water partition coefficient (Wildman–Crippen LogP) is 2.34. The summed E-state index contributed by atoms with van der Waals surface area (Å²) < 4.78 is 0. The highest BCUT2D eigenvalue weighted by Crippen LogP contribution is 2.19. The molecule has 4 N–H and O–H groups in total. The number of hydrogen-bond donors (Lipinski definition) is 4. The predicted molar refractivity (Wildman–Crippen MR) is 112 cm³/mol. The summed E-state index contributed by atoms with van der Waals surface area (Å²) in [5, 5.41) is 19.3. The molecule has 2 heterocycles. The van der Waals surface area contributed by atoms with Crippen LogP contribution in [0, 0.1) is 0 Å². The van der Waals surface area contributed by atoms with Crippen molar-refractivity contribution in [2.75, 3.05) is 11.9 Å². The highest BCUT2D eigenvalue weighted by atomic mass is 32.1. The van der Waals surface area contributed by atoms with E-state index in [0.717, 1.165) is 0 Å². The number of nitrogens with zero attached hydrogens (tertiary/aromatic N) is 2. The van der Waals surface area contributed by atoms with Crippen LogP contribution in [-0.4, -0.2) is 39.4 Å². The van der Waals surface area contributed by atoms with E-state index >= 15 is 0 Å². The molecule has 10 heteroatoms. The Hall–Kier alpha value is -3.79. The normalized spacial score (nSPS) is 11.3. The van der Waals surface area contributed by atoms with Gasteiger partial charge in [-0.2, -0.15) is 0 Å². The number of anilines is 2. The number of thiazole rings is 1. The molecule has 0 aliphatic carbocycles. The Morgan fingerprint density at radius 1 is 1.07 bits per heavy atom. The summed E-state index contributed by atoms with van der Waals surface area (Å²) in [5.41, 5.74) is 0.834. The van der Waals surface area contributed by atoms with Crippen molar-refractivity contribution < 1.29 is 19.5 Å². The summed E-state index contributed by atoms with van der Waals surface area (Å²) in [6, 6.07) is 13.5. The molecule has 3 rings (SSSR count). The fraction of sp³-hybridized carbons (Fsp3) is 0.150. The molecule has 30 heavy (non-hydrogen) atoms. The molecular weight excluding hydrogens is 406 g/mol. The molecule has 3 aromatic rings. The number of carbonyl (C=O) groups is 3. The Labute approximate surface area is 176 Å². The summed E-state index contributed by atoms with van der Waals surface area (Å²) >= 11 is 1.23. The molecule has 1 atom stereocenters. The minimum atomic E-state index is -1.04. The van der Waals surface area contributed by atoms with Gasteiger partial charge in [0.15, 0.2) is 5.13 Å². The Morgan fingerprint density at radius 2 is 1.83 bits per heavy atom. The van der Waals surface area contributed by atoms with Crippen LogP contribution in [0.3, 0.4) is 0 Å². The monoisotopic (exact) mass is 425 g/mol. The first kappa shape index (κ1) is 20.9. The van der Waals surface area contributed by atoms with Gasteiger partial charge in [-0.1, -0.05) is 36.4 Å². The third-order valence-corrected chi connectivity index (χ3v) is 4.72. The average Bonchev–Trinajstić information content (AvgIpc) is 3.21. The summed E-state index contributed by atoms with van der Waals surface area (Å²) in [4.78, 5) is 43.9. The number of carboxylic acids is 1. The number of aromatic nitrogens is 2. The van der Waals surface area contributed by atoms with Gasteiger partial charge in [0, 0.05) is 11.6 Å². The van der Waals surface area contributed by atoms with Crippen LogP contribution in [0.4, 0.5) is 10.9 Å². The van der Waals surface area contributed by atoms with Crippen molar-refractivity contribution in [3.8, 4) is 0 Å². The lowest BCUT2D eigenvalue weighted by molar-refractivity contribution is -0.137. The largest absolute Gasteiger partial charge is 0.481 e. The van der Waals surface area contributed by atoms with Gasteiger partial charge in [0.2, 0.25) is 5.91 Å². The highest BCUT2D eigenvalue weighted by Gasteiger charge is 2.19. The van der Waals surface area contributed by atoms with Crippen LogP contribution >= 0.6 is 11.3 Å². The molecule has 0 spiro atoms. The molecule has 1 aromatic carbocycles. The molecule has 0 bridgehead atoms. The number of amides is 2. The lowest BCUT2D eigenvalue weighted by Gasteiger charge is -2.17. The standard InChI is InChI=1S/C20H19N5O4S/c26-17(23-14(10-18(27)28)13-6-2-1-3-7-13)11-22-19(29)15-12-30-20(24-15)25-16-8-4-5-9-21-16/h1-9,12,14H,10-11H2,(H,22,29)(H,23,26)(H,27,28)(H,21,24,25). The quantitative estimate of drug-likeness (QED) is 0.413. The van der Waals surface area contributed by atoms with E-state index in [-0.39, 0.29) is 18.7 Å². The van der Waals surface area contributed by atoms with Crippen LogP contribution in [0.15, 0.2) is 60.1 Å². The molecule has 154 valence electrons. The maximum Gasteiger partial charge on any atom is 0.305 e. The maximum atomic E-state index is 12.3. The lowest BCUT2D eigenvalue weighted by Crippen LogP contribution is -2.39. The van der Waals surface area contributed by atoms with E-state index in [0.29, 0.717) is 16.5 Å². The van der Waals surface area contributed by atoms with Crippen LogP contribution in [0.1, 0.15) is 28.5 Å².